The number of hydrogen-bond donors (Lipinski definition) is 2. The molecule has 2 N–H and O–H groups in total. The van der Waals surface area contributed by atoms with E-state index in [2.05, 4.69) is 10.3 Å². The van der Waals surface area contributed by atoms with Gasteiger partial charge in [0.1, 0.15) is 5.60 Å². The van der Waals surface area contributed by atoms with Crippen LogP contribution >= 0.6 is 23.2 Å². The summed E-state index contributed by atoms with van der Waals surface area (Å²) >= 11 is 12.2. The summed E-state index contributed by atoms with van der Waals surface area (Å²) in [6.07, 6.45) is 1.53. The summed E-state index contributed by atoms with van der Waals surface area (Å²) in [5.74, 6) is -0.278. The average molecular weight is 541 g/mol. The van der Waals surface area contributed by atoms with Crippen LogP contribution in [0.1, 0.15) is 39.7 Å². The molecule has 3 amide bonds. The molecule has 0 saturated carbocycles. The number of pyridine rings is 1. The third-order valence-electron chi connectivity index (χ3n) is 6.95. The molecule has 8 nitrogen and oxygen atoms in total. The summed E-state index contributed by atoms with van der Waals surface area (Å²) in [4.78, 5) is 33.6. The van der Waals surface area contributed by atoms with E-state index < -0.39 is 11.3 Å². The van der Waals surface area contributed by atoms with E-state index >= 15 is 0 Å². The smallest absolute Gasteiger partial charge is 0.317 e. The lowest BCUT2D eigenvalue weighted by Crippen LogP contribution is -2.45. The topological polar surface area (TPSA) is 95.0 Å². The number of ether oxygens (including phenoxy) is 1. The second-order valence-electron chi connectivity index (χ2n) is 9.40. The molecule has 0 spiro atoms. The first kappa shape index (κ1) is 25.5. The fraction of sp³-hybridized carbons (Fsp3) is 0.296. The lowest BCUT2D eigenvalue weighted by atomic mass is 9.88. The summed E-state index contributed by atoms with van der Waals surface area (Å²) in [7, 11) is 1.55. The van der Waals surface area contributed by atoms with E-state index in [1.54, 1.807) is 66.3 Å². The fourth-order valence-corrected chi connectivity index (χ4v) is 5.32. The summed E-state index contributed by atoms with van der Waals surface area (Å²) in [5.41, 5.74) is 0.272. The van der Waals surface area contributed by atoms with Crippen molar-refractivity contribution in [2.45, 2.75) is 24.8 Å². The van der Waals surface area contributed by atoms with Gasteiger partial charge in [0.25, 0.3) is 5.91 Å². The molecule has 2 aliphatic heterocycles. The van der Waals surface area contributed by atoms with E-state index in [-0.39, 0.29) is 25.0 Å². The largest absolute Gasteiger partial charge is 0.384 e. The quantitative estimate of drug-likeness (QED) is 0.469. The van der Waals surface area contributed by atoms with Crippen LogP contribution in [0.15, 0.2) is 60.8 Å². The molecule has 1 fully saturated rings. The van der Waals surface area contributed by atoms with Crippen molar-refractivity contribution in [2.75, 3.05) is 26.7 Å². The molecule has 0 bridgehead atoms. The number of β-amino-alcohol motifs (C(OH)–C–C–N with tert-alkyl or cyclic N) is 1. The molecule has 0 radical (unpaired) electrons. The van der Waals surface area contributed by atoms with Gasteiger partial charge in [0, 0.05) is 48.1 Å². The summed E-state index contributed by atoms with van der Waals surface area (Å²) < 4.78 is 6.16. The molecular weight excluding hydrogens is 515 g/mol. The standard InChI is InChI=1S/C27H26Cl2N4O4/c1-26(36,16-32-12-11-30-25(32)35)18-5-10-23-22(13-18)24(34)33(15-21-9-8-20(29)14-31-21)27(23,37-2)17-3-6-19(28)7-4-17/h3-10,13-14,36H,11-12,15-16H2,1-2H3,(H,30,35)/t26?,27-/m1/s1. The lowest BCUT2D eigenvalue weighted by Gasteiger charge is -2.38. The molecule has 3 aromatic rings. The maximum atomic E-state index is 14.0. The first-order chi connectivity index (χ1) is 17.7. The van der Waals surface area contributed by atoms with Gasteiger partial charge in [-0.2, -0.15) is 0 Å². The first-order valence-corrected chi connectivity index (χ1v) is 12.5. The number of carbonyl (C=O) groups excluding carboxylic acids is 2. The highest BCUT2D eigenvalue weighted by Gasteiger charge is 2.52. The van der Waals surface area contributed by atoms with Gasteiger partial charge in [-0.3, -0.25) is 14.7 Å². The number of halogens is 2. The third-order valence-corrected chi connectivity index (χ3v) is 7.42. The van der Waals surface area contributed by atoms with Crippen molar-refractivity contribution in [1.29, 1.82) is 0 Å². The SMILES string of the molecule is CO[C@]1(c2ccc(Cl)cc2)c2ccc(C(C)(O)CN3CCNC3=O)cc2C(=O)N1Cc1ccc(Cl)cn1. The highest BCUT2D eigenvalue weighted by molar-refractivity contribution is 6.30. The van der Waals surface area contributed by atoms with E-state index in [0.29, 0.717) is 51.1 Å². The summed E-state index contributed by atoms with van der Waals surface area (Å²) in [5, 5.41) is 15.1. The zero-order valence-corrected chi connectivity index (χ0v) is 21.9. The second-order valence-corrected chi connectivity index (χ2v) is 10.3. The lowest BCUT2D eigenvalue weighted by molar-refractivity contribution is -0.0868. The molecule has 192 valence electrons. The van der Waals surface area contributed by atoms with Gasteiger partial charge < -0.3 is 20.1 Å². The van der Waals surface area contributed by atoms with Crippen molar-refractivity contribution >= 4 is 35.1 Å². The molecule has 2 atom stereocenters. The number of aliphatic hydroxyl groups is 1. The van der Waals surface area contributed by atoms with Gasteiger partial charge in [0.05, 0.1) is 23.8 Å². The van der Waals surface area contributed by atoms with Crippen molar-refractivity contribution in [3.63, 3.8) is 0 Å². The zero-order valence-electron chi connectivity index (χ0n) is 20.4. The van der Waals surface area contributed by atoms with Crippen molar-refractivity contribution in [1.82, 2.24) is 20.1 Å². The van der Waals surface area contributed by atoms with Crippen LogP contribution < -0.4 is 5.32 Å². The van der Waals surface area contributed by atoms with Gasteiger partial charge in [-0.1, -0.05) is 47.5 Å². The molecule has 37 heavy (non-hydrogen) atoms. The molecular formula is C27H26Cl2N4O4. The Morgan fingerprint density at radius 3 is 2.46 bits per heavy atom. The molecule has 2 aromatic carbocycles. The van der Waals surface area contributed by atoms with E-state index in [1.807, 2.05) is 12.1 Å². The maximum Gasteiger partial charge on any atom is 0.317 e. The van der Waals surface area contributed by atoms with Gasteiger partial charge in [-0.25, -0.2) is 4.79 Å². The highest BCUT2D eigenvalue weighted by Crippen LogP contribution is 2.46. The Morgan fingerprint density at radius 1 is 1.11 bits per heavy atom. The predicted molar refractivity (Wildman–Crippen MR) is 139 cm³/mol. The third kappa shape index (κ3) is 4.44. The number of nitrogens with zero attached hydrogens (tertiary/aromatic N) is 3. The number of methoxy groups -OCH3 is 1. The second kappa shape index (κ2) is 9.61. The fourth-order valence-electron chi connectivity index (χ4n) is 5.08. The Balaban J connectivity index is 1.60. The Kier molecular flexibility index (Phi) is 6.62. The number of rotatable bonds is 7. The molecule has 1 aromatic heterocycles. The molecule has 0 aliphatic carbocycles. The number of aromatic nitrogens is 1. The van der Waals surface area contributed by atoms with Crippen LogP contribution in [0.4, 0.5) is 4.79 Å². The van der Waals surface area contributed by atoms with Crippen molar-refractivity contribution < 1.29 is 19.4 Å². The van der Waals surface area contributed by atoms with Crippen LogP contribution in [0, 0.1) is 0 Å². The first-order valence-electron chi connectivity index (χ1n) is 11.8. The Bertz CT molecular complexity index is 1350. The number of carbonyl (C=O) groups is 2. The minimum Gasteiger partial charge on any atom is -0.384 e. The normalized spacial score (nSPS) is 20.7. The number of amides is 3. The number of fused-ring (bicyclic) bond motifs is 1. The van der Waals surface area contributed by atoms with Gasteiger partial charge >= 0.3 is 6.03 Å². The van der Waals surface area contributed by atoms with Gasteiger partial charge in [0.2, 0.25) is 0 Å². The van der Waals surface area contributed by atoms with Crippen LogP contribution in [0.25, 0.3) is 0 Å². The van der Waals surface area contributed by atoms with Crippen LogP contribution in [0.2, 0.25) is 10.0 Å². The average Bonchev–Trinajstić information content (AvgIpc) is 3.39. The monoisotopic (exact) mass is 540 g/mol. The van der Waals surface area contributed by atoms with E-state index in [1.165, 1.54) is 6.20 Å². The molecule has 5 rings (SSSR count). The Morgan fingerprint density at radius 2 is 1.84 bits per heavy atom. The summed E-state index contributed by atoms with van der Waals surface area (Å²) in [6.45, 7) is 2.92. The van der Waals surface area contributed by atoms with Crippen molar-refractivity contribution in [2.24, 2.45) is 0 Å². The maximum absolute atomic E-state index is 14.0. The molecule has 2 aliphatic rings. The van der Waals surface area contributed by atoms with Gasteiger partial charge in [-0.15, -0.1) is 0 Å². The van der Waals surface area contributed by atoms with Crippen LogP contribution in [0.5, 0.6) is 0 Å². The van der Waals surface area contributed by atoms with Crippen LogP contribution in [0.3, 0.4) is 0 Å². The summed E-state index contributed by atoms with van der Waals surface area (Å²) in [6, 6.07) is 15.7. The molecule has 10 heteroatoms. The number of benzene rings is 2. The van der Waals surface area contributed by atoms with E-state index in [9.17, 15) is 14.7 Å². The highest BCUT2D eigenvalue weighted by atomic mass is 35.5. The van der Waals surface area contributed by atoms with Crippen molar-refractivity contribution in [3.8, 4) is 0 Å². The number of urea groups is 1. The molecule has 1 unspecified atom stereocenters. The molecule has 1 saturated heterocycles. The Labute approximate surface area is 224 Å². The van der Waals surface area contributed by atoms with Crippen molar-refractivity contribution in [3.05, 3.63) is 98.8 Å². The molecule has 3 heterocycles. The minimum absolute atomic E-state index is 0.0941. The van der Waals surface area contributed by atoms with E-state index in [0.717, 1.165) is 0 Å². The van der Waals surface area contributed by atoms with Crippen LogP contribution in [-0.4, -0.2) is 58.6 Å². The number of nitrogens with one attached hydrogen (secondary N) is 1. The van der Waals surface area contributed by atoms with Gasteiger partial charge in [0.15, 0.2) is 5.72 Å². The van der Waals surface area contributed by atoms with Crippen LogP contribution in [-0.2, 0) is 22.6 Å². The predicted octanol–water partition coefficient (Wildman–Crippen LogP) is 4.12. The Hall–Kier alpha value is -3.17. The minimum atomic E-state index is -1.38. The van der Waals surface area contributed by atoms with Gasteiger partial charge in [-0.05, 0) is 42.8 Å². The number of hydrogen-bond acceptors (Lipinski definition) is 5. The van der Waals surface area contributed by atoms with E-state index in [4.69, 9.17) is 27.9 Å². The zero-order chi connectivity index (χ0) is 26.4.